The van der Waals surface area contributed by atoms with Crippen LogP contribution in [0.2, 0.25) is 0 Å². The summed E-state index contributed by atoms with van der Waals surface area (Å²) in [7, 11) is 1.68. The summed E-state index contributed by atoms with van der Waals surface area (Å²) in [5, 5.41) is 2.07. The zero-order valence-corrected chi connectivity index (χ0v) is 14.8. The Balaban J connectivity index is 2.01. The third-order valence-electron chi connectivity index (χ3n) is 3.71. The van der Waals surface area contributed by atoms with E-state index in [4.69, 9.17) is 9.72 Å². The van der Waals surface area contributed by atoms with E-state index >= 15 is 0 Å². The number of imidazole rings is 1. The Hall–Kier alpha value is -2.11. The number of nitrogens with zero attached hydrogens (tertiary/aromatic N) is 2. The molecule has 0 unspecified atom stereocenters. The van der Waals surface area contributed by atoms with Gasteiger partial charge in [0.05, 0.1) is 23.0 Å². The van der Waals surface area contributed by atoms with Gasteiger partial charge in [-0.25, -0.2) is 4.98 Å². The first-order valence-corrected chi connectivity index (χ1v) is 8.80. The summed E-state index contributed by atoms with van der Waals surface area (Å²) in [5.74, 6) is 1.79. The highest BCUT2D eigenvalue weighted by atomic mass is 79.9. The number of thiophene rings is 1. The number of hydrogen-bond donors (Lipinski definition) is 0. The first-order chi connectivity index (χ1) is 11.3. The van der Waals surface area contributed by atoms with Crippen molar-refractivity contribution in [2.45, 2.75) is 0 Å². The van der Waals surface area contributed by atoms with Gasteiger partial charge in [0, 0.05) is 10.2 Å². The van der Waals surface area contributed by atoms with Crippen LogP contribution in [-0.4, -0.2) is 16.7 Å². The summed E-state index contributed by atoms with van der Waals surface area (Å²) in [6.45, 7) is 0. The molecule has 0 bridgehead atoms. The highest BCUT2D eigenvalue weighted by molar-refractivity contribution is 9.10. The van der Waals surface area contributed by atoms with Crippen LogP contribution in [0.3, 0.4) is 0 Å². The van der Waals surface area contributed by atoms with Crippen molar-refractivity contribution in [3.05, 3.63) is 64.5 Å². The minimum Gasteiger partial charge on any atom is -0.497 e. The number of hydrogen-bond acceptors (Lipinski definition) is 3. The van der Waals surface area contributed by atoms with Gasteiger partial charge in [0.15, 0.2) is 5.82 Å². The molecule has 0 amide bonds. The Morgan fingerprint density at radius 1 is 1.04 bits per heavy atom. The van der Waals surface area contributed by atoms with E-state index in [9.17, 15) is 0 Å². The molecular weight excluding hydrogens is 372 g/mol. The standard InChI is InChI=1S/C18H13BrN2OS/c1-22-13-8-6-12(7-9-13)21-16-5-3-2-4-15(16)20-18(21)17-14(19)10-11-23-17/h2-11H,1H3. The Labute approximate surface area is 146 Å². The largest absolute Gasteiger partial charge is 0.497 e. The van der Waals surface area contributed by atoms with Crippen molar-refractivity contribution in [1.82, 2.24) is 9.55 Å². The molecule has 2 aromatic heterocycles. The number of aromatic nitrogens is 2. The molecule has 0 aliphatic rings. The average molecular weight is 385 g/mol. The van der Waals surface area contributed by atoms with Crippen molar-refractivity contribution >= 4 is 38.3 Å². The number of para-hydroxylation sites is 2. The highest BCUT2D eigenvalue weighted by Gasteiger charge is 2.17. The molecule has 4 aromatic rings. The number of methoxy groups -OCH3 is 1. The van der Waals surface area contributed by atoms with Crippen LogP contribution in [0.5, 0.6) is 5.75 Å². The van der Waals surface area contributed by atoms with E-state index in [0.29, 0.717) is 0 Å². The minimum absolute atomic E-state index is 0.844. The molecule has 0 radical (unpaired) electrons. The number of fused-ring (bicyclic) bond motifs is 1. The molecule has 0 aliphatic heterocycles. The van der Waals surface area contributed by atoms with Crippen LogP contribution in [0.1, 0.15) is 0 Å². The molecule has 0 atom stereocenters. The Morgan fingerprint density at radius 2 is 1.83 bits per heavy atom. The molecule has 4 rings (SSSR count). The smallest absolute Gasteiger partial charge is 0.156 e. The molecule has 2 heterocycles. The first kappa shape index (κ1) is 14.5. The topological polar surface area (TPSA) is 27.1 Å². The summed E-state index contributed by atoms with van der Waals surface area (Å²) < 4.78 is 8.51. The maximum Gasteiger partial charge on any atom is 0.156 e. The van der Waals surface area contributed by atoms with Gasteiger partial charge in [-0.3, -0.25) is 4.57 Å². The second kappa shape index (κ2) is 5.83. The normalized spacial score (nSPS) is 11.0. The lowest BCUT2D eigenvalue weighted by Crippen LogP contribution is -1.97. The van der Waals surface area contributed by atoms with Crippen LogP contribution >= 0.6 is 27.3 Å². The Kier molecular flexibility index (Phi) is 3.67. The molecule has 2 aromatic carbocycles. The summed E-state index contributed by atoms with van der Waals surface area (Å²) >= 11 is 5.31. The van der Waals surface area contributed by atoms with Gasteiger partial charge in [-0.1, -0.05) is 12.1 Å². The Bertz CT molecular complexity index is 972. The second-order valence-electron chi connectivity index (χ2n) is 5.06. The SMILES string of the molecule is COc1ccc(-n2c(-c3sccc3Br)nc3ccccc32)cc1. The van der Waals surface area contributed by atoms with Gasteiger partial charge in [-0.2, -0.15) is 0 Å². The van der Waals surface area contributed by atoms with E-state index < -0.39 is 0 Å². The number of benzene rings is 2. The molecule has 0 fully saturated rings. The van der Waals surface area contributed by atoms with Crippen LogP contribution in [0.4, 0.5) is 0 Å². The fraction of sp³-hybridized carbons (Fsp3) is 0.0556. The van der Waals surface area contributed by atoms with Crippen molar-refractivity contribution in [2.24, 2.45) is 0 Å². The van der Waals surface area contributed by atoms with Crippen molar-refractivity contribution in [1.29, 1.82) is 0 Å². The maximum atomic E-state index is 5.27. The minimum atomic E-state index is 0.844. The summed E-state index contributed by atoms with van der Waals surface area (Å²) in [5.41, 5.74) is 3.14. The second-order valence-corrected chi connectivity index (χ2v) is 6.83. The molecule has 0 saturated heterocycles. The van der Waals surface area contributed by atoms with E-state index in [2.05, 4.69) is 50.1 Å². The monoisotopic (exact) mass is 384 g/mol. The van der Waals surface area contributed by atoms with Crippen molar-refractivity contribution in [3.63, 3.8) is 0 Å². The zero-order chi connectivity index (χ0) is 15.8. The molecule has 0 spiro atoms. The number of rotatable bonds is 3. The van der Waals surface area contributed by atoms with Crippen molar-refractivity contribution in [3.8, 4) is 22.1 Å². The third-order valence-corrected chi connectivity index (χ3v) is 5.55. The van der Waals surface area contributed by atoms with Crippen LogP contribution in [0, 0.1) is 0 Å². The molecule has 114 valence electrons. The van der Waals surface area contributed by atoms with Gasteiger partial charge in [0.25, 0.3) is 0 Å². The Morgan fingerprint density at radius 3 is 2.52 bits per heavy atom. The zero-order valence-electron chi connectivity index (χ0n) is 12.4. The van der Waals surface area contributed by atoms with Gasteiger partial charge < -0.3 is 4.74 Å². The van der Waals surface area contributed by atoms with E-state index in [-0.39, 0.29) is 0 Å². The first-order valence-electron chi connectivity index (χ1n) is 7.13. The predicted molar refractivity (Wildman–Crippen MR) is 98.6 cm³/mol. The third kappa shape index (κ3) is 2.46. The van der Waals surface area contributed by atoms with Crippen LogP contribution < -0.4 is 4.74 Å². The molecule has 0 saturated carbocycles. The van der Waals surface area contributed by atoms with Crippen LogP contribution in [0.15, 0.2) is 64.5 Å². The van der Waals surface area contributed by atoms with E-state index in [1.165, 1.54) is 0 Å². The molecule has 3 nitrogen and oxygen atoms in total. The molecule has 0 N–H and O–H groups in total. The maximum absolute atomic E-state index is 5.27. The molecule has 23 heavy (non-hydrogen) atoms. The molecule has 0 aliphatic carbocycles. The van der Waals surface area contributed by atoms with Crippen molar-refractivity contribution in [2.75, 3.05) is 7.11 Å². The van der Waals surface area contributed by atoms with Crippen LogP contribution in [-0.2, 0) is 0 Å². The van der Waals surface area contributed by atoms with Gasteiger partial charge in [0.2, 0.25) is 0 Å². The van der Waals surface area contributed by atoms with E-state index in [1.807, 2.05) is 30.3 Å². The summed E-state index contributed by atoms with van der Waals surface area (Å²) in [6, 6.07) is 18.3. The molecular formula is C18H13BrN2OS. The number of halogens is 1. The number of ether oxygens (including phenoxy) is 1. The molecule has 5 heteroatoms. The summed E-state index contributed by atoms with van der Waals surface area (Å²) in [4.78, 5) is 5.97. The average Bonchev–Trinajstić information content (AvgIpc) is 3.18. The van der Waals surface area contributed by atoms with E-state index in [1.54, 1.807) is 18.4 Å². The lowest BCUT2D eigenvalue weighted by atomic mass is 10.2. The van der Waals surface area contributed by atoms with Crippen LogP contribution in [0.25, 0.3) is 27.4 Å². The summed E-state index contributed by atoms with van der Waals surface area (Å²) in [6.07, 6.45) is 0. The fourth-order valence-corrected chi connectivity index (χ4v) is 4.15. The van der Waals surface area contributed by atoms with E-state index in [0.717, 1.165) is 37.6 Å². The van der Waals surface area contributed by atoms with Crippen molar-refractivity contribution < 1.29 is 4.74 Å². The van der Waals surface area contributed by atoms with Gasteiger partial charge in [-0.05, 0) is 63.8 Å². The lowest BCUT2D eigenvalue weighted by molar-refractivity contribution is 0.415. The lowest BCUT2D eigenvalue weighted by Gasteiger charge is -2.09. The highest BCUT2D eigenvalue weighted by Crippen LogP contribution is 2.36. The van der Waals surface area contributed by atoms with Gasteiger partial charge in [-0.15, -0.1) is 11.3 Å². The predicted octanol–water partition coefficient (Wildman–Crippen LogP) is 5.53. The van der Waals surface area contributed by atoms with Gasteiger partial charge >= 0.3 is 0 Å². The fourth-order valence-electron chi connectivity index (χ4n) is 2.62. The quantitative estimate of drug-likeness (QED) is 0.464. The van der Waals surface area contributed by atoms with Gasteiger partial charge in [0.1, 0.15) is 5.75 Å².